The van der Waals surface area contributed by atoms with E-state index in [1.807, 2.05) is 42.5 Å². The second-order valence-corrected chi connectivity index (χ2v) is 7.35. The van der Waals surface area contributed by atoms with Gasteiger partial charge in [0.1, 0.15) is 5.71 Å². The van der Waals surface area contributed by atoms with Gasteiger partial charge in [-0.3, -0.25) is 9.78 Å². The molecule has 150 valence electrons. The van der Waals surface area contributed by atoms with Gasteiger partial charge < -0.3 is 20.4 Å². The van der Waals surface area contributed by atoms with Crippen molar-refractivity contribution in [2.45, 2.75) is 31.4 Å². The number of pyridine rings is 1. The summed E-state index contributed by atoms with van der Waals surface area (Å²) in [7, 11) is 0. The number of nitrogens with one attached hydrogen (secondary N) is 2. The largest absolute Gasteiger partial charge is 0.386 e. The molecule has 4 rings (SSSR count). The van der Waals surface area contributed by atoms with E-state index in [0.29, 0.717) is 31.8 Å². The lowest BCUT2D eigenvalue weighted by molar-refractivity contribution is -0.115. The number of likely N-dealkylation sites (tertiary alicyclic amines) is 1. The molecule has 3 amide bonds. The maximum absolute atomic E-state index is 12.6. The minimum atomic E-state index is -0.629. The average molecular weight is 393 g/mol. The number of anilines is 1. The van der Waals surface area contributed by atoms with Crippen LogP contribution < -0.4 is 10.6 Å². The molecule has 8 heteroatoms. The van der Waals surface area contributed by atoms with Gasteiger partial charge in [-0.15, -0.1) is 0 Å². The zero-order valence-corrected chi connectivity index (χ0v) is 16.0. The van der Waals surface area contributed by atoms with Crippen LogP contribution in [0, 0.1) is 0 Å². The Hall–Kier alpha value is -3.42. The first-order chi connectivity index (χ1) is 14.1. The van der Waals surface area contributed by atoms with Gasteiger partial charge in [0.25, 0.3) is 5.91 Å². The first kappa shape index (κ1) is 18.9. The van der Waals surface area contributed by atoms with E-state index in [-0.39, 0.29) is 11.9 Å². The smallest absolute Gasteiger partial charge is 0.321 e. The molecule has 1 fully saturated rings. The third-order valence-corrected chi connectivity index (χ3v) is 5.16. The molecule has 0 radical (unpaired) electrons. The fraction of sp³-hybridized carbons (Fsp3) is 0.333. The van der Waals surface area contributed by atoms with Crippen molar-refractivity contribution in [3.8, 4) is 0 Å². The lowest BCUT2D eigenvalue weighted by Gasteiger charge is -2.38. The van der Waals surface area contributed by atoms with Crippen molar-refractivity contribution in [3.63, 3.8) is 0 Å². The Morgan fingerprint density at radius 1 is 1.14 bits per heavy atom. The van der Waals surface area contributed by atoms with E-state index in [1.54, 1.807) is 17.3 Å². The first-order valence-electron chi connectivity index (χ1n) is 9.67. The number of piperidine rings is 1. The van der Waals surface area contributed by atoms with Gasteiger partial charge in [-0.1, -0.05) is 23.4 Å². The molecule has 29 heavy (non-hydrogen) atoms. The number of aromatic nitrogens is 1. The number of amides is 3. The molecular formula is C21H23N5O3. The summed E-state index contributed by atoms with van der Waals surface area (Å²) in [6, 6.07) is 12.9. The van der Waals surface area contributed by atoms with E-state index in [9.17, 15) is 9.59 Å². The second-order valence-electron chi connectivity index (χ2n) is 7.35. The maximum Gasteiger partial charge on any atom is 0.321 e. The van der Waals surface area contributed by atoms with E-state index >= 15 is 0 Å². The van der Waals surface area contributed by atoms with Crippen LogP contribution in [0.15, 0.2) is 60.0 Å². The molecule has 1 aromatic heterocycles. The Morgan fingerprint density at radius 2 is 1.93 bits per heavy atom. The summed E-state index contributed by atoms with van der Waals surface area (Å²) in [5.74, 6) is -0.246. The SMILES string of the molecule is O=C(NCc1ccncc1)C1=NO[C@]2(CCCN(C(=O)Nc3ccccc3)C2)C1. The highest BCUT2D eigenvalue weighted by molar-refractivity contribution is 6.39. The molecule has 2 aliphatic rings. The minimum absolute atomic E-state index is 0.172. The van der Waals surface area contributed by atoms with Crippen molar-refractivity contribution in [1.82, 2.24) is 15.2 Å². The number of benzene rings is 1. The van der Waals surface area contributed by atoms with E-state index in [1.165, 1.54) is 0 Å². The molecule has 1 atom stereocenters. The molecule has 1 spiro atoms. The molecule has 1 saturated heterocycles. The molecule has 0 bridgehead atoms. The molecular weight excluding hydrogens is 370 g/mol. The van der Waals surface area contributed by atoms with Crippen LogP contribution in [0.3, 0.4) is 0 Å². The predicted octanol–water partition coefficient (Wildman–Crippen LogP) is 2.54. The molecule has 0 unspecified atom stereocenters. The Kier molecular flexibility index (Phi) is 5.41. The summed E-state index contributed by atoms with van der Waals surface area (Å²) >= 11 is 0. The Balaban J connectivity index is 1.32. The van der Waals surface area contributed by atoms with Crippen LogP contribution in [0.1, 0.15) is 24.8 Å². The van der Waals surface area contributed by atoms with Crippen molar-refractivity contribution < 1.29 is 14.4 Å². The third kappa shape index (κ3) is 4.53. The summed E-state index contributed by atoms with van der Waals surface area (Å²) < 4.78 is 0. The fourth-order valence-electron chi connectivity index (χ4n) is 3.64. The Labute approximate surface area is 168 Å². The van der Waals surface area contributed by atoms with E-state index in [4.69, 9.17) is 4.84 Å². The normalized spacial score (nSPS) is 20.7. The Morgan fingerprint density at radius 3 is 2.72 bits per heavy atom. The quantitative estimate of drug-likeness (QED) is 0.834. The number of nitrogens with zero attached hydrogens (tertiary/aromatic N) is 3. The summed E-state index contributed by atoms with van der Waals surface area (Å²) in [6.07, 6.45) is 5.31. The summed E-state index contributed by atoms with van der Waals surface area (Å²) in [5.41, 5.74) is 1.44. The molecule has 2 N–H and O–H groups in total. The Bertz CT molecular complexity index is 903. The fourth-order valence-corrected chi connectivity index (χ4v) is 3.64. The van der Waals surface area contributed by atoms with Crippen LogP contribution in [0.5, 0.6) is 0 Å². The lowest BCUT2D eigenvalue weighted by Crippen LogP contribution is -2.52. The molecule has 2 aliphatic heterocycles. The van der Waals surface area contributed by atoms with Crippen LogP contribution in [-0.2, 0) is 16.2 Å². The number of hydrogen-bond donors (Lipinski definition) is 2. The van der Waals surface area contributed by atoms with Crippen LogP contribution >= 0.6 is 0 Å². The van der Waals surface area contributed by atoms with Crippen molar-refractivity contribution in [2.75, 3.05) is 18.4 Å². The number of carbonyl (C=O) groups is 2. The van der Waals surface area contributed by atoms with Gasteiger partial charge in [-0.25, -0.2) is 4.79 Å². The number of hydrogen-bond acceptors (Lipinski definition) is 5. The number of urea groups is 1. The van der Waals surface area contributed by atoms with E-state index in [0.717, 1.165) is 24.1 Å². The highest BCUT2D eigenvalue weighted by Crippen LogP contribution is 2.33. The van der Waals surface area contributed by atoms with Crippen molar-refractivity contribution >= 4 is 23.3 Å². The summed E-state index contributed by atoms with van der Waals surface area (Å²) in [4.78, 5) is 36.5. The number of rotatable bonds is 4. The monoisotopic (exact) mass is 393 g/mol. The standard InChI is InChI=1S/C21H23N5O3/c27-19(23-14-16-7-10-22-11-8-16)18-13-21(29-25-18)9-4-12-26(15-21)20(28)24-17-5-2-1-3-6-17/h1-3,5-8,10-11H,4,9,12-15H2,(H,23,27)(H,24,28)/t21-/m1/s1. The molecule has 0 aliphatic carbocycles. The van der Waals surface area contributed by atoms with Crippen molar-refractivity contribution in [1.29, 1.82) is 0 Å². The van der Waals surface area contributed by atoms with Crippen LogP contribution in [0.25, 0.3) is 0 Å². The van der Waals surface area contributed by atoms with E-state index < -0.39 is 5.60 Å². The summed E-state index contributed by atoms with van der Waals surface area (Å²) in [5, 5.41) is 9.80. The third-order valence-electron chi connectivity index (χ3n) is 5.16. The maximum atomic E-state index is 12.6. The van der Waals surface area contributed by atoms with Crippen LogP contribution in [0.2, 0.25) is 0 Å². The molecule has 3 heterocycles. The highest BCUT2D eigenvalue weighted by atomic mass is 16.7. The first-order valence-corrected chi connectivity index (χ1v) is 9.67. The minimum Gasteiger partial charge on any atom is -0.386 e. The van der Waals surface area contributed by atoms with Gasteiger partial charge in [-0.05, 0) is 42.7 Å². The van der Waals surface area contributed by atoms with Gasteiger partial charge in [0.2, 0.25) is 0 Å². The van der Waals surface area contributed by atoms with Crippen molar-refractivity contribution in [2.24, 2.45) is 5.16 Å². The highest BCUT2D eigenvalue weighted by Gasteiger charge is 2.45. The van der Waals surface area contributed by atoms with Gasteiger partial charge in [0.15, 0.2) is 5.60 Å². The lowest BCUT2D eigenvalue weighted by atomic mass is 9.88. The second kappa shape index (κ2) is 8.30. The topological polar surface area (TPSA) is 95.9 Å². The molecule has 1 aromatic carbocycles. The summed E-state index contributed by atoms with van der Waals surface area (Å²) in [6.45, 7) is 1.45. The van der Waals surface area contributed by atoms with Crippen molar-refractivity contribution in [3.05, 3.63) is 60.4 Å². The van der Waals surface area contributed by atoms with Gasteiger partial charge >= 0.3 is 6.03 Å². The van der Waals surface area contributed by atoms with E-state index in [2.05, 4.69) is 20.8 Å². The van der Waals surface area contributed by atoms with Gasteiger partial charge in [-0.2, -0.15) is 0 Å². The van der Waals surface area contributed by atoms with Gasteiger partial charge in [0, 0.05) is 37.6 Å². The number of para-hydroxylation sites is 1. The number of carbonyl (C=O) groups excluding carboxylic acids is 2. The van der Waals surface area contributed by atoms with Crippen LogP contribution in [0.4, 0.5) is 10.5 Å². The predicted molar refractivity (Wildman–Crippen MR) is 108 cm³/mol. The molecule has 0 saturated carbocycles. The molecule has 2 aromatic rings. The van der Waals surface area contributed by atoms with Gasteiger partial charge in [0.05, 0.1) is 6.54 Å². The zero-order valence-electron chi connectivity index (χ0n) is 16.0. The zero-order chi connectivity index (χ0) is 20.1. The molecule has 8 nitrogen and oxygen atoms in total. The number of oxime groups is 1. The van der Waals surface area contributed by atoms with Crippen LogP contribution in [-0.4, -0.2) is 46.2 Å². The average Bonchev–Trinajstić information content (AvgIpc) is 3.16.